The molecular weight excluding hydrogens is 440 g/mol. The maximum absolute atomic E-state index is 13.1. The van der Waals surface area contributed by atoms with E-state index in [1.165, 1.54) is 0 Å². The highest BCUT2D eigenvalue weighted by atomic mass is 35.5. The predicted molar refractivity (Wildman–Crippen MR) is 86.9 cm³/mol. The molecule has 2 rings (SSSR count). The average molecular weight is 444 g/mol. The normalized spacial score (nSPS) is 12.1. The lowest BCUT2D eigenvalue weighted by Gasteiger charge is -2.17. The number of hydrogen-bond acceptors (Lipinski definition) is 0. The molecule has 24 heavy (non-hydrogen) atoms. The van der Waals surface area contributed by atoms with Gasteiger partial charge in [0.15, 0.2) is 0 Å². The summed E-state index contributed by atoms with van der Waals surface area (Å²) >= 11 is 29.5. The lowest BCUT2D eigenvalue weighted by Crippen LogP contribution is -2.10. The highest BCUT2D eigenvalue weighted by Gasteiger charge is 2.36. The molecule has 10 heteroatoms. The molecule has 0 radical (unpaired) electrons. The Labute approximate surface area is 158 Å². The summed E-state index contributed by atoms with van der Waals surface area (Å²) in [6.45, 7) is 0. The van der Waals surface area contributed by atoms with Crippen molar-refractivity contribution in [3.05, 3.63) is 54.4 Å². The van der Waals surface area contributed by atoms with Crippen molar-refractivity contribution < 1.29 is 22.0 Å². The summed E-state index contributed by atoms with van der Waals surface area (Å²) in [6.07, 6.45) is -8.31. The minimum Gasteiger partial charge on any atom is -0.205 e. The zero-order valence-corrected chi connectivity index (χ0v) is 14.9. The van der Waals surface area contributed by atoms with Crippen molar-refractivity contribution >= 4 is 58.0 Å². The van der Waals surface area contributed by atoms with Crippen molar-refractivity contribution in [2.45, 2.75) is 12.6 Å². The summed E-state index contributed by atoms with van der Waals surface area (Å²) in [4.78, 5) is 0. The van der Waals surface area contributed by atoms with Crippen LogP contribution >= 0.6 is 58.0 Å². The fraction of sp³-hybridized carbons (Fsp3) is 0.143. The van der Waals surface area contributed by atoms with Gasteiger partial charge in [0.2, 0.25) is 0 Å². The van der Waals surface area contributed by atoms with Gasteiger partial charge in [-0.3, -0.25) is 0 Å². The molecule has 0 aromatic heterocycles. The van der Waals surface area contributed by atoms with Crippen LogP contribution in [0.2, 0.25) is 25.1 Å². The molecule has 0 aliphatic carbocycles. The van der Waals surface area contributed by atoms with Crippen LogP contribution in [0.3, 0.4) is 0 Å². The summed E-state index contributed by atoms with van der Waals surface area (Å²) < 4.78 is 64.8. The largest absolute Gasteiger partial charge is 0.416 e. The van der Waals surface area contributed by atoms with E-state index in [0.29, 0.717) is 12.1 Å². The van der Waals surface area contributed by atoms with Crippen molar-refractivity contribution in [2.75, 3.05) is 0 Å². The number of alkyl halides is 5. The third-order valence-corrected chi connectivity index (χ3v) is 5.37. The van der Waals surface area contributed by atoms with Gasteiger partial charge in [-0.1, -0.05) is 70.1 Å². The monoisotopic (exact) mass is 442 g/mol. The molecule has 0 aliphatic heterocycles. The van der Waals surface area contributed by atoms with Gasteiger partial charge in [-0.05, 0) is 11.6 Å². The van der Waals surface area contributed by atoms with Crippen LogP contribution in [0.1, 0.15) is 17.6 Å². The summed E-state index contributed by atoms with van der Waals surface area (Å²) in [6, 6.07) is 2.17. The predicted octanol–water partition coefficient (Wildman–Crippen LogP) is 8.58. The first-order chi connectivity index (χ1) is 11.0. The molecule has 0 N–H and O–H groups in total. The van der Waals surface area contributed by atoms with Gasteiger partial charge in [0.25, 0.3) is 6.43 Å². The second-order valence-electron chi connectivity index (χ2n) is 4.55. The van der Waals surface area contributed by atoms with Crippen LogP contribution in [0, 0.1) is 0 Å². The molecule has 0 spiro atoms. The quantitative estimate of drug-likeness (QED) is 0.247. The van der Waals surface area contributed by atoms with E-state index in [0.717, 1.165) is 6.07 Å². The molecular formula is C14H4Cl5F5. The van der Waals surface area contributed by atoms with Gasteiger partial charge in [0, 0.05) is 11.1 Å². The van der Waals surface area contributed by atoms with Crippen molar-refractivity contribution in [3.8, 4) is 11.1 Å². The first-order valence-corrected chi connectivity index (χ1v) is 7.86. The van der Waals surface area contributed by atoms with Gasteiger partial charge in [0.05, 0.1) is 30.7 Å². The van der Waals surface area contributed by atoms with E-state index >= 15 is 0 Å². The third kappa shape index (κ3) is 3.56. The molecule has 0 saturated heterocycles. The molecule has 0 heterocycles. The summed E-state index contributed by atoms with van der Waals surface area (Å²) in [7, 11) is 0. The number of rotatable bonds is 2. The Hall–Kier alpha value is -0.460. The zero-order valence-electron chi connectivity index (χ0n) is 11.1. The van der Waals surface area contributed by atoms with Crippen LogP contribution in [0.15, 0.2) is 18.2 Å². The fourth-order valence-corrected chi connectivity index (χ4v) is 3.36. The maximum Gasteiger partial charge on any atom is 0.416 e. The van der Waals surface area contributed by atoms with E-state index in [9.17, 15) is 22.0 Å². The number of hydrogen-bond donors (Lipinski definition) is 0. The van der Waals surface area contributed by atoms with E-state index in [1.54, 1.807) is 0 Å². The molecule has 2 aromatic carbocycles. The number of halogens is 10. The van der Waals surface area contributed by atoms with E-state index in [1.807, 2.05) is 0 Å². The zero-order chi connectivity index (χ0) is 18.4. The third-order valence-electron chi connectivity index (χ3n) is 3.09. The molecule has 2 aromatic rings. The van der Waals surface area contributed by atoms with Crippen LogP contribution in [-0.2, 0) is 6.18 Å². The SMILES string of the molecule is FC(F)c1ccc(-c2c(Cl)c(Cl)c(Cl)c(Cl)c2Cl)cc1C(F)(F)F. The Bertz CT molecular complexity index is 772. The van der Waals surface area contributed by atoms with Crippen LogP contribution < -0.4 is 0 Å². The molecule has 0 fully saturated rings. The van der Waals surface area contributed by atoms with Gasteiger partial charge in [0.1, 0.15) is 0 Å². The van der Waals surface area contributed by atoms with Crippen LogP contribution in [0.5, 0.6) is 0 Å². The Kier molecular flexibility index (Phi) is 5.83. The molecule has 130 valence electrons. The number of benzene rings is 2. The minimum absolute atomic E-state index is 0.135. The summed E-state index contributed by atoms with van der Waals surface area (Å²) in [5, 5.41) is -1.08. The van der Waals surface area contributed by atoms with Crippen molar-refractivity contribution in [3.63, 3.8) is 0 Å². The smallest absolute Gasteiger partial charge is 0.205 e. The molecule has 0 bridgehead atoms. The van der Waals surface area contributed by atoms with Gasteiger partial charge in [-0.25, -0.2) is 8.78 Å². The van der Waals surface area contributed by atoms with Crippen LogP contribution in [0.4, 0.5) is 22.0 Å². The van der Waals surface area contributed by atoms with E-state index in [4.69, 9.17) is 58.0 Å². The van der Waals surface area contributed by atoms with Gasteiger partial charge in [-0.2, -0.15) is 13.2 Å². The average Bonchev–Trinajstić information content (AvgIpc) is 2.50. The first-order valence-electron chi connectivity index (χ1n) is 5.98. The van der Waals surface area contributed by atoms with Gasteiger partial charge in [-0.15, -0.1) is 0 Å². The lowest BCUT2D eigenvalue weighted by molar-refractivity contribution is -0.139. The lowest BCUT2D eigenvalue weighted by atomic mass is 9.98. The Balaban J connectivity index is 2.81. The fourth-order valence-electron chi connectivity index (χ4n) is 2.01. The summed E-state index contributed by atoms with van der Waals surface area (Å²) in [5.74, 6) is 0. The first kappa shape index (κ1) is 19.9. The second kappa shape index (κ2) is 7.04. The van der Waals surface area contributed by atoms with Crippen LogP contribution in [0.25, 0.3) is 11.1 Å². The van der Waals surface area contributed by atoms with Crippen molar-refractivity contribution in [1.29, 1.82) is 0 Å². The molecule has 0 unspecified atom stereocenters. The van der Waals surface area contributed by atoms with Crippen molar-refractivity contribution in [2.24, 2.45) is 0 Å². The Morgan fingerprint density at radius 3 is 1.62 bits per heavy atom. The topological polar surface area (TPSA) is 0 Å². The molecule has 0 saturated carbocycles. The highest BCUT2D eigenvalue weighted by molar-refractivity contribution is 6.56. The Morgan fingerprint density at radius 2 is 1.21 bits per heavy atom. The van der Waals surface area contributed by atoms with E-state index in [2.05, 4.69) is 0 Å². The second-order valence-corrected chi connectivity index (χ2v) is 6.44. The maximum atomic E-state index is 13.1. The van der Waals surface area contributed by atoms with E-state index < -0.39 is 23.7 Å². The highest BCUT2D eigenvalue weighted by Crippen LogP contribution is 2.49. The minimum atomic E-state index is -5.00. The van der Waals surface area contributed by atoms with Gasteiger partial charge >= 0.3 is 6.18 Å². The molecule has 0 aliphatic rings. The Morgan fingerprint density at radius 1 is 0.750 bits per heavy atom. The molecule has 0 nitrogen and oxygen atoms in total. The molecule has 0 atom stereocenters. The van der Waals surface area contributed by atoms with Gasteiger partial charge < -0.3 is 0 Å². The van der Waals surface area contributed by atoms with E-state index in [-0.39, 0.29) is 36.2 Å². The molecule has 0 amide bonds. The van der Waals surface area contributed by atoms with Crippen molar-refractivity contribution in [1.82, 2.24) is 0 Å². The summed E-state index contributed by atoms with van der Waals surface area (Å²) in [5.41, 5.74) is -2.99. The van der Waals surface area contributed by atoms with Crippen LogP contribution in [-0.4, -0.2) is 0 Å². The standard InChI is InChI=1S/C14H4Cl5F5/c15-8-7(9(16)11(18)12(19)10(8)17)4-1-2-5(13(20)21)6(3-4)14(22,23)24/h1-3,13H.